The van der Waals surface area contributed by atoms with Crippen molar-refractivity contribution in [2.45, 2.75) is 58.5 Å². The molecular formula is C15H24FN. The minimum Gasteiger partial charge on any atom is -0.307 e. The number of hydrogen-bond donors (Lipinski definition) is 1. The molecule has 0 aromatic heterocycles. The highest BCUT2D eigenvalue weighted by Crippen LogP contribution is 2.16. The van der Waals surface area contributed by atoms with Crippen molar-refractivity contribution in [2.24, 2.45) is 0 Å². The number of hydrogen-bond acceptors (Lipinski definition) is 1. The molecule has 1 N–H and O–H groups in total. The van der Waals surface area contributed by atoms with Crippen LogP contribution in [0, 0.1) is 5.82 Å². The Balaban J connectivity index is 2.56. The molecule has 1 atom stereocenters. The zero-order chi connectivity index (χ0) is 12.7. The van der Waals surface area contributed by atoms with Crippen LogP contribution < -0.4 is 5.32 Å². The van der Waals surface area contributed by atoms with E-state index in [1.807, 2.05) is 12.1 Å². The monoisotopic (exact) mass is 237 g/mol. The van der Waals surface area contributed by atoms with Crippen LogP contribution >= 0.6 is 0 Å². The zero-order valence-corrected chi connectivity index (χ0v) is 11.2. The average molecular weight is 237 g/mol. The topological polar surface area (TPSA) is 12.0 Å². The van der Waals surface area contributed by atoms with Gasteiger partial charge in [-0.25, -0.2) is 4.39 Å². The molecular weight excluding hydrogens is 213 g/mol. The largest absolute Gasteiger partial charge is 0.307 e. The summed E-state index contributed by atoms with van der Waals surface area (Å²) < 4.78 is 12.8. The Morgan fingerprint density at radius 1 is 1.06 bits per heavy atom. The highest BCUT2D eigenvalue weighted by molar-refractivity contribution is 5.19. The maximum atomic E-state index is 12.8. The van der Waals surface area contributed by atoms with Gasteiger partial charge in [0.2, 0.25) is 0 Å². The van der Waals surface area contributed by atoms with Gasteiger partial charge < -0.3 is 5.32 Å². The molecule has 0 fully saturated rings. The van der Waals surface area contributed by atoms with Crippen LogP contribution in [0.3, 0.4) is 0 Å². The molecule has 0 aliphatic rings. The van der Waals surface area contributed by atoms with E-state index >= 15 is 0 Å². The lowest BCUT2D eigenvalue weighted by atomic mass is 10.0. The predicted molar refractivity (Wildman–Crippen MR) is 71.6 cm³/mol. The van der Waals surface area contributed by atoms with Crippen molar-refractivity contribution >= 4 is 0 Å². The quantitative estimate of drug-likeness (QED) is 0.739. The Hall–Kier alpha value is -0.890. The number of rotatable bonds is 7. The molecule has 17 heavy (non-hydrogen) atoms. The fourth-order valence-electron chi connectivity index (χ4n) is 2.21. The first-order valence-corrected chi connectivity index (χ1v) is 6.68. The Bertz CT molecular complexity index is 301. The Kier molecular flexibility index (Phi) is 6.20. The highest BCUT2D eigenvalue weighted by Gasteiger charge is 2.11. The second-order valence-electron chi connectivity index (χ2n) is 4.71. The second kappa shape index (κ2) is 7.44. The van der Waals surface area contributed by atoms with Crippen molar-refractivity contribution in [1.29, 1.82) is 0 Å². The molecule has 0 heterocycles. The molecule has 1 unspecified atom stereocenters. The molecule has 0 spiro atoms. The summed E-state index contributed by atoms with van der Waals surface area (Å²) in [5, 5.41) is 3.63. The summed E-state index contributed by atoms with van der Waals surface area (Å²) in [6.45, 7) is 6.57. The Morgan fingerprint density at radius 2 is 1.59 bits per heavy atom. The molecule has 1 aromatic rings. The van der Waals surface area contributed by atoms with Crippen molar-refractivity contribution < 1.29 is 4.39 Å². The fourth-order valence-corrected chi connectivity index (χ4v) is 2.21. The van der Waals surface area contributed by atoms with E-state index in [0.29, 0.717) is 12.1 Å². The van der Waals surface area contributed by atoms with E-state index in [0.717, 1.165) is 5.56 Å². The summed E-state index contributed by atoms with van der Waals surface area (Å²) in [7, 11) is 0. The third kappa shape index (κ3) is 4.86. The molecule has 0 aliphatic carbocycles. The van der Waals surface area contributed by atoms with Gasteiger partial charge in [0.25, 0.3) is 0 Å². The molecule has 0 saturated heterocycles. The first kappa shape index (κ1) is 14.2. The van der Waals surface area contributed by atoms with Crippen LogP contribution in [-0.4, -0.2) is 6.04 Å². The van der Waals surface area contributed by atoms with E-state index in [1.165, 1.54) is 37.8 Å². The normalized spacial score (nSPS) is 13.0. The lowest BCUT2D eigenvalue weighted by Gasteiger charge is -2.23. The highest BCUT2D eigenvalue weighted by atomic mass is 19.1. The Labute approximate surface area is 104 Å². The Morgan fingerprint density at radius 3 is 2.06 bits per heavy atom. The summed E-state index contributed by atoms with van der Waals surface area (Å²) in [6.07, 6.45) is 4.82. The van der Waals surface area contributed by atoms with E-state index < -0.39 is 0 Å². The molecule has 1 aromatic carbocycles. The molecule has 2 heteroatoms. The minimum absolute atomic E-state index is 0.167. The van der Waals surface area contributed by atoms with E-state index in [2.05, 4.69) is 26.1 Å². The van der Waals surface area contributed by atoms with Crippen molar-refractivity contribution in [3.63, 3.8) is 0 Å². The van der Waals surface area contributed by atoms with E-state index in [1.54, 1.807) is 0 Å². The summed E-state index contributed by atoms with van der Waals surface area (Å²) in [5.41, 5.74) is 1.16. The first-order chi connectivity index (χ1) is 8.17. The van der Waals surface area contributed by atoms with Gasteiger partial charge in [-0.3, -0.25) is 0 Å². The van der Waals surface area contributed by atoms with Crippen molar-refractivity contribution in [2.75, 3.05) is 0 Å². The van der Waals surface area contributed by atoms with Crippen LogP contribution in [0.1, 0.15) is 58.1 Å². The van der Waals surface area contributed by atoms with Gasteiger partial charge >= 0.3 is 0 Å². The summed E-state index contributed by atoms with van der Waals surface area (Å²) in [4.78, 5) is 0. The van der Waals surface area contributed by atoms with Crippen LogP contribution in [0.4, 0.5) is 4.39 Å². The zero-order valence-electron chi connectivity index (χ0n) is 11.2. The van der Waals surface area contributed by atoms with Crippen LogP contribution in [0.5, 0.6) is 0 Å². The number of nitrogens with one attached hydrogen (secondary N) is 1. The van der Waals surface area contributed by atoms with Gasteiger partial charge in [0.15, 0.2) is 0 Å². The lowest BCUT2D eigenvalue weighted by Crippen LogP contribution is -2.31. The van der Waals surface area contributed by atoms with Gasteiger partial charge in [0.05, 0.1) is 0 Å². The first-order valence-electron chi connectivity index (χ1n) is 6.68. The van der Waals surface area contributed by atoms with Crippen LogP contribution in [0.15, 0.2) is 24.3 Å². The summed E-state index contributed by atoms with van der Waals surface area (Å²) in [6, 6.07) is 7.65. The van der Waals surface area contributed by atoms with E-state index in [4.69, 9.17) is 0 Å². The SMILES string of the molecule is CCCC(CCC)NC(C)c1ccc(F)cc1. The standard InChI is InChI=1S/C15H24FN/c1-4-6-15(7-5-2)17-12(3)13-8-10-14(16)11-9-13/h8-12,15,17H,4-7H2,1-3H3. The van der Waals surface area contributed by atoms with Gasteiger partial charge in [-0.1, -0.05) is 38.8 Å². The lowest BCUT2D eigenvalue weighted by molar-refractivity contribution is 0.402. The van der Waals surface area contributed by atoms with Crippen LogP contribution in [0.2, 0.25) is 0 Å². The predicted octanol–water partition coefficient (Wildman–Crippen LogP) is 4.45. The molecule has 0 bridgehead atoms. The van der Waals surface area contributed by atoms with Gasteiger partial charge in [0.1, 0.15) is 5.82 Å². The van der Waals surface area contributed by atoms with E-state index in [9.17, 15) is 4.39 Å². The van der Waals surface area contributed by atoms with Crippen molar-refractivity contribution in [3.05, 3.63) is 35.6 Å². The summed E-state index contributed by atoms with van der Waals surface area (Å²) in [5.74, 6) is -0.167. The molecule has 96 valence electrons. The molecule has 0 radical (unpaired) electrons. The second-order valence-corrected chi connectivity index (χ2v) is 4.71. The van der Waals surface area contributed by atoms with Crippen LogP contribution in [0.25, 0.3) is 0 Å². The van der Waals surface area contributed by atoms with E-state index in [-0.39, 0.29) is 5.82 Å². The fraction of sp³-hybridized carbons (Fsp3) is 0.600. The summed E-state index contributed by atoms with van der Waals surface area (Å²) >= 11 is 0. The minimum atomic E-state index is -0.167. The molecule has 0 amide bonds. The van der Waals surface area contributed by atoms with Crippen LogP contribution in [-0.2, 0) is 0 Å². The number of halogens is 1. The molecule has 0 aliphatic heterocycles. The molecule has 0 saturated carbocycles. The van der Waals surface area contributed by atoms with Gasteiger partial charge in [0, 0.05) is 12.1 Å². The molecule has 1 rings (SSSR count). The van der Waals surface area contributed by atoms with Gasteiger partial charge in [-0.15, -0.1) is 0 Å². The van der Waals surface area contributed by atoms with Crippen molar-refractivity contribution in [3.8, 4) is 0 Å². The van der Waals surface area contributed by atoms with Gasteiger partial charge in [-0.05, 0) is 37.5 Å². The smallest absolute Gasteiger partial charge is 0.123 e. The van der Waals surface area contributed by atoms with Gasteiger partial charge in [-0.2, -0.15) is 0 Å². The maximum absolute atomic E-state index is 12.8. The third-order valence-electron chi connectivity index (χ3n) is 3.13. The average Bonchev–Trinajstić information content (AvgIpc) is 2.30. The molecule has 1 nitrogen and oxygen atoms in total. The number of benzene rings is 1. The van der Waals surface area contributed by atoms with Crippen molar-refractivity contribution in [1.82, 2.24) is 5.32 Å². The third-order valence-corrected chi connectivity index (χ3v) is 3.13. The maximum Gasteiger partial charge on any atom is 0.123 e.